The zero-order valence-corrected chi connectivity index (χ0v) is 14.4. The van der Waals surface area contributed by atoms with Gasteiger partial charge in [-0.3, -0.25) is 4.79 Å². The lowest BCUT2D eigenvalue weighted by atomic mass is 10.2. The number of esters is 1. The summed E-state index contributed by atoms with van der Waals surface area (Å²) in [5.41, 5.74) is 0.524. The minimum Gasteiger partial charge on any atom is -0.493 e. The number of hydrogen-bond acceptors (Lipinski definition) is 5. The number of rotatable bonds is 8. The van der Waals surface area contributed by atoms with Crippen molar-refractivity contribution in [1.82, 2.24) is 5.32 Å². The summed E-state index contributed by atoms with van der Waals surface area (Å²) in [7, 11) is 1.32. The number of carbonyl (C=O) groups excluding carboxylic acids is 2. The summed E-state index contributed by atoms with van der Waals surface area (Å²) in [4.78, 5) is 23.4. The number of ether oxygens (including phenoxy) is 3. The first-order valence-electron chi connectivity index (χ1n) is 8.25. The van der Waals surface area contributed by atoms with Gasteiger partial charge in [-0.15, -0.1) is 0 Å². The Kier molecular flexibility index (Phi) is 7.37. The Morgan fingerprint density at radius 2 is 2.00 bits per heavy atom. The molecule has 0 spiro atoms. The van der Waals surface area contributed by atoms with E-state index in [1.807, 2.05) is 0 Å². The fraction of sp³-hybridized carbons (Fsp3) is 0.444. The molecule has 0 heterocycles. The minimum atomic E-state index is -2.96. The number of methoxy groups -OCH3 is 1. The fourth-order valence-electron chi connectivity index (χ4n) is 2.67. The maximum absolute atomic E-state index is 12.3. The molecule has 26 heavy (non-hydrogen) atoms. The number of amides is 1. The molecule has 8 heteroatoms. The van der Waals surface area contributed by atoms with Crippen LogP contribution < -0.4 is 14.8 Å². The van der Waals surface area contributed by atoms with Gasteiger partial charge in [0.2, 0.25) is 0 Å². The minimum absolute atomic E-state index is 0.106. The van der Waals surface area contributed by atoms with Crippen LogP contribution in [0, 0.1) is 0 Å². The molecule has 0 saturated heterocycles. The van der Waals surface area contributed by atoms with Gasteiger partial charge in [0.15, 0.2) is 18.1 Å². The molecule has 1 fully saturated rings. The lowest BCUT2D eigenvalue weighted by Crippen LogP contribution is -2.35. The molecule has 1 aromatic carbocycles. The van der Waals surface area contributed by atoms with Gasteiger partial charge in [-0.05, 0) is 36.6 Å². The standard InChI is InChI=1S/C18H21F2NO5/c1-24-15-10-12(6-8-14(15)26-18(19)20)7-9-17(23)25-11-16(22)21-13-4-2-3-5-13/h6-10,13,18H,2-5,11H2,1H3,(H,21,22)/b9-7+. The van der Waals surface area contributed by atoms with E-state index < -0.39 is 12.6 Å². The molecule has 142 valence electrons. The second-order valence-electron chi connectivity index (χ2n) is 5.78. The molecular weight excluding hydrogens is 348 g/mol. The molecule has 0 bridgehead atoms. The average molecular weight is 369 g/mol. The van der Waals surface area contributed by atoms with Crippen LogP contribution in [0.5, 0.6) is 11.5 Å². The summed E-state index contributed by atoms with van der Waals surface area (Å²) in [5, 5.41) is 2.81. The molecule has 0 aromatic heterocycles. The third-order valence-corrected chi connectivity index (χ3v) is 3.88. The molecule has 2 rings (SSSR count). The number of halogens is 2. The average Bonchev–Trinajstić information content (AvgIpc) is 3.11. The molecule has 1 N–H and O–H groups in total. The molecule has 1 amide bonds. The van der Waals surface area contributed by atoms with E-state index in [4.69, 9.17) is 9.47 Å². The monoisotopic (exact) mass is 369 g/mol. The zero-order valence-electron chi connectivity index (χ0n) is 14.4. The molecule has 1 aliphatic carbocycles. The van der Waals surface area contributed by atoms with Gasteiger partial charge in [0.1, 0.15) is 0 Å². The molecule has 1 saturated carbocycles. The summed E-state index contributed by atoms with van der Waals surface area (Å²) in [5.74, 6) is -1.00. The first kappa shape index (κ1) is 19.7. The van der Waals surface area contributed by atoms with E-state index in [0.29, 0.717) is 5.56 Å². The van der Waals surface area contributed by atoms with Gasteiger partial charge < -0.3 is 19.5 Å². The fourth-order valence-corrected chi connectivity index (χ4v) is 2.67. The highest BCUT2D eigenvalue weighted by Crippen LogP contribution is 2.29. The second kappa shape index (κ2) is 9.74. The first-order valence-corrected chi connectivity index (χ1v) is 8.25. The molecular formula is C18H21F2NO5. The molecule has 0 aliphatic heterocycles. The SMILES string of the molecule is COc1cc(/C=C/C(=O)OCC(=O)NC2CCCC2)ccc1OC(F)F. The maximum Gasteiger partial charge on any atom is 0.387 e. The Hall–Kier alpha value is -2.64. The van der Waals surface area contributed by atoms with Gasteiger partial charge in [-0.2, -0.15) is 8.78 Å². The van der Waals surface area contributed by atoms with Crippen LogP contribution in [0.4, 0.5) is 8.78 Å². The highest BCUT2D eigenvalue weighted by atomic mass is 19.3. The van der Waals surface area contributed by atoms with Crippen molar-refractivity contribution in [1.29, 1.82) is 0 Å². The van der Waals surface area contributed by atoms with Crippen molar-refractivity contribution in [2.45, 2.75) is 38.3 Å². The number of carbonyl (C=O) groups is 2. The highest BCUT2D eigenvalue weighted by molar-refractivity contribution is 5.89. The van der Waals surface area contributed by atoms with Crippen molar-refractivity contribution in [2.24, 2.45) is 0 Å². The first-order chi connectivity index (χ1) is 12.5. The Bertz CT molecular complexity index is 657. The lowest BCUT2D eigenvalue weighted by molar-refractivity contribution is -0.144. The van der Waals surface area contributed by atoms with Crippen LogP contribution in [-0.4, -0.2) is 38.2 Å². The van der Waals surface area contributed by atoms with Crippen LogP contribution in [0.3, 0.4) is 0 Å². The number of benzene rings is 1. The zero-order chi connectivity index (χ0) is 18.9. The van der Waals surface area contributed by atoms with Gasteiger partial charge >= 0.3 is 12.6 Å². The Labute approximate surface area is 150 Å². The predicted octanol–water partition coefficient (Wildman–Crippen LogP) is 2.91. The van der Waals surface area contributed by atoms with Crippen LogP contribution in [0.15, 0.2) is 24.3 Å². The summed E-state index contributed by atoms with van der Waals surface area (Å²) in [6.45, 7) is -3.31. The van der Waals surface area contributed by atoms with Crippen molar-refractivity contribution in [3.05, 3.63) is 29.8 Å². The smallest absolute Gasteiger partial charge is 0.387 e. The third-order valence-electron chi connectivity index (χ3n) is 3.88. The summed E-state index contributed by atoms with van der Waals surface area (Å²) in [6.07, 6.45) is 6.66. The summed E-state index contributed by atoms with van der Waals surface area (Å²) >= 11 is 0. The van der Waals surface area contributed by atoms with Gasteiger partial charge in [-0.1, -0.05) is 18.9 Å². The van der Waals surface area contributed by atoms with Crippen LogP contribution in [0.25, 0.3) is 6.08 Å². The lowest BCUT2D eigenvalue weighted by Gasteiger charge is -2.11. The summed E-state index contributed by atoms with van der Waals surface area (Å²) in [6, 6.07) is 4.40. The predicted molar refractivity (Wildman–Crippen MR) is 90.0 cm³/mol. The van der Waals surface area contributed by atoms with Crippen molar-refractivity contribution in [2.75, 3.05) is 13.7 Å². The van der Waals surface area contributed by atoms with Crippen LogP contribution >= 0.6 is 0 Å². The van der Waals surface area contributed by atoms with Gasteiger partial charge in [0.05, 0.1) is 7.11 Å². The van der Waals surface area contributed by atoms with Crippen molar-refractivity contribution >= 4 is 18.0 Å². The van der Waals surface area contributed by atoms with Gasteiger partial charge in [-0.25, -0.2) is 4.79 Å². The second-order valence-corrected chi connectivity index (χ2v) is 5.78. The Morgan fingerprint density at radius 1 is 1.27 bits per heavy atom. The molecule has 1 aliphatic rings. The van der Waals surface area contributed by atoms with E-state index in [2.05, 4.69) is 10.1 Å². The third kappa shape index (κ3) is 6.34. The van der Waals surface area contributed by atoms with Crippen LogP contribution in [-0.2, 0) is 14.3 Å². The van der Waals surface area contributed by atoms with E-state index in [0.717, 1.165) is 31.8 Å². The molecule has 0 unspecified atom stereocenters. The van der Waals surface area contributed by atoms with Crippen molar-refractivity contribution in [3.8, 4) is 11.5 Å². The topological polar surface area (TPSA) is 73.9 Å². The molecule has 6 nitrogen and oxygen atoms in total. The molecule has 0 atom stereocenters. The van der Waals surface area contributed by atoms with Crippen LogP contribution in [0.2, 0.25) is 0 Å². The molecule has 1 aromatic rings. The van der Waals surface area contributed by atoms with E-state index in [1.54, 1.807) is 0 Å². The number of hydrogen-bond donors (Lipinski definition) is 1. The number of alkyl halides is 2. The molecule has 0 radical (unpaired) electrons. The highest BCUT2D eigenvalue weighted by Gasteiger charge is 2.17. The van der Waals surface area contributed by atoms with Gasteiger partial charge in [0, 0.05) is 12.1 Å². The van der Waals surface area contributed by atoms with Crippen LogP contribution in [0.1, 0.15) is 31.2 Å². The normalized spacial score (nSPS) is 14.6. The van der Waals surface area contributed by atoms with E-state index in [9.17, 15) is 18.4 Å². The van der Waals surface area contributed by atoms with Crippen molar-refractivity contribution < 1.29 is 32.6 Å². The van der Waals surface area contributed by atoms with Crippen molar-refractivity contribution in [3.63, 3.8) is 0 Å². The Balaban J connectivity index is 1.83. The Morgan fingerprint density at radius 3 is 2.65 bits per heavy atom. The van der Waals surface area contributed by atoms with E-state index in [-0.39, 0.29) is 30.1 Å². The largest absolute Gasteiger partial charge is 0.493 e. The van der Waals surface area contributed by atoms with E-state index >= 15 is 0 Å². The number of nitrogens with one attached hydrogen (secondary N) is 1. The van der Waals surface area contributed by atoms with E-state index in [1.165, 1.54) is 31.4 Å². The summed E-state index contributed by atoms with van der Waals surface area (Å²) < 4.78 is 38.7. The maximum atomic E-state index is 12.3. The quantitative estimate of drug-likeness (QED) is 0.563. The van der Waals surface area contributed by atoms with Gasteiger partial charge in [0.25, 0.3) is 5.91 Å².